The first-order valence-corrected chi connectivity index (χ1v) is 12.5. The van der Waals surface area contributed by atoms with Crippen LogP contribution < -0.4 is 31.3 Å². The number of nitrogens with zero attached hydrogens (tertiary/aromatic N) is 2. The van der Waals surface area contributed by atoms with Crippen LogP contribution in [0.3, 0.4) is 0 Å². The van der Waals surface area contributed by atoms with Gasteiger partial charge < -0.3 is 25.4 Å². The first-order chi connectivity index (χ1) is 17.8. The van der Waals surface area contributed by atoms with Gasteiger partial charge in [0.1, 0.15) is 17.3 Å². The molecule has 1 atom stereocenters. The fourth-order valence-electron chi connectivity index (χ4n) is 3.32. The number of nitrogens with one attached hydrogen (secondary N) is 5. The molecular weight excluding hydrogens is 525 g/mol. The summed E-state index contributed by atoms with van der Waals surface area (Å²) in [6, 6.07) is 7.62. The Morgan fingerprint density at radius 3 is 2.41 bits per heavy atom. The maximum absolute atomic E-state index is 12.3. The zero-order valence-corrected chi connectivity index (χ0v) is 21.7. The van der Waals surface area contributed by atoms with Gasteiger partial charge in [0, 0.05) is 30.9 Å². The molecular formula is C23H27Cl2N7O5. The van der Waals surface area contributed by atoms with Crippen LogP contribution in [0.4, 0.5) is 37.4 Å². The van der Waals surface area contributed by atoms with Crippen LogP contribution >= 0.6 is 23.2 Å². The summed E-state index contributed by atoms with van der Waals surface area (Å²) in [5.41, 5.74) is 2.32. The van der Waals surface area contributed by atoms with E-state index < -0.39 is 18.2 Å². The summed E-state index contributed by atoms with van der Waals surface area (Å²) in [7, 11) is 0. The van der Waals surface area contributed by atoms with Gasteiger partial charge in [-0.1, -0.05) is 0 Å². The van der Waals surface area contributed by atoms with Crippen molar-refractivity contribution in [1.29, 1.82) is 0 Å². The van der Waals surface area contributed by atoms with E-state index in [4.69, 9.17) is 37.7 Å². The Morgan fingerprint density at radius 1 is 1.03 bits per heavy atom. The summed E-state index contributed by atoms with van der Waals surface area (Å²) in [6.07, 6.45) is -1.28. The van der Waals surface area contributed by atoms with E-state index in [1.807, 2.05) is 6.92 Å². The molecule has 0 bridgehead atoms. The third-order valence-corrected chi connectivity index (χ3v) is 5.23. The highest BCUT2D eigenvalue weighted by Gasteiger charge is 2.25. The fourth-order valence-corrected chi connectivity index (χ4v) is 3.51. The molecule has 0 spiro atoms. The molecule has 1 aromatic heterocycles. The lowest BCUT2D eigenvalue weighted by Gasteiger charge is -2.26. The van der Waals surface area contributed by atoms with E-state index in [0.717, 1.165) is 5.56 Å². The molecule has 0 aliphatic carbocycles. The number of alkyl halides is 2. The van der Waals surface area contributed by atoms with Gasteiger partial charge >= 0.3 is 18.2 Å². The number of carbonyl (C=O) groups excluding carboxylic acids is 3. The third-order valence-electron chi connectivity index (χ3n) is 4.85. The van der Waals surface area contributed by atoms with Crippen molar-refractivity contribution >= 4 is 70.1 Å². The zero-order chi connectivity index (χ0) is 26.8. The number of benzene rings is 1. The maximum atomic E-state index is 12.3. The van der Waals surface area contributed by atoms with Crippen LogP contribution in [0.1, 0.15) is 19.4 Å². The molecule has 0 saturated heterocycles. The maximum Gasteiger partial charge on any atom is 0.412 e. The lowest BCUT2D eigenvalue weighted by Crippen LogP contribution is -2.32. The molecule has 0 radical (unpaired) electrons. The summed E-state index contributed by atoms with van der Waals surface area (Å²) in [4.78, 5) is 45.1. The summed E-state index contributed by atoms with van der Waals surface area (Å²) in [5, 5.41) is 13.6. The molecule has 198 valence electrons. The highest BCUT2D eigenvalue weighted by molar-refractivity contribution is 6.18. The molecule has 2 aromatic rings. The van der Waals surface area contributed by atoms with Crippen molar-refractivity contribution in [2.75, 3.05) is 47.4 Å². The van der Waals surface area contributed by atoms with Gasteiger partial charge in [-0.2, -0.15) is 0 Å². The van der Waals surface area contributed by atoms with Crippen LogP contribution in [0.2, 0.25) is 0 Å². The first-order valence-electron chi connectivity index (χ1n) is 11.4. The van der Waals surface area contributed by atoms with Gasteiger partial charge in [0.25, 0.3) is 0 Å². The highest BCUT2D eigenvalue weighted by atomic mass is 35.5. The minimum Gasteiger partial charge on any atom is -0.450 e. The topological polar surface area (TPSA) is 155 Å². The van der Waals surface area contributed by atoms with Gasteiger partial charge in [-0.15, -0.1) is 23.2 Å². The predicted octanol–water partition coefficient (Wildman–Crippen LogP) is 4.27. The Labute approximate surface area is 223 Å². The number of anilines is 3. The van der Waals surface area contributed by atoms with Crippen molar-refractivity contribution in [3.8, 4) is 5.75 Å². The number of hydrogen-bond donors (Lipinski definition) is 5. The van der Waals surface area contributed by atoms with Gasteiger partial charge in [-0.05, 0) is 43.7 Å². The number of aliphatic imine (C=N–C) groups is 1. The third kappa shape index (κ3) is 7.86. The molecule has 0 saturated carbocycles. The van der Waals surface area contributed by atoms with Gasteiger partial charge in [0.05, 0.1) is 24.0 Å². The average molecular weight is 552 g/mol. The summed E-state index contributed by atoms with van der Waals surface area (Å²) in [5.74, 6) is 1.14. The Morgan fingerprint density at radius 2 is 1.73 bits per heavy atom. The number of halogens is 2. The molecule has 0 fully saturated rings. The lowest BCUT2D eigenvalue weighted by atomic mass is 10.0. The highest BCUT2D eigenvalue weighted by Crippen LogP contribution is 2.39. The monoisotopic (exact) mass is 551 g/mol. The summed E-state index contributed by atoms with van der Waals surface area (Å²) >= 11 is 11.2. The molecule has 1 aliphatic heterocycles. The van der Waals surface area contributed by atoms with Gasteiger partial charge in [0.15, 0.2) is 5.82 Å². The van der Waals surface area contributed by atoms with E-state index in [9.17, 15) is 14.4 Å². The molecule has 3 rings (SSSR count). The molecule has 1 aliphatic rings. The number of pyridine rings is 1. The Kier molecular flexibility index (Phi) is 10.2. The normalized spacial score (nSPS) is 13.8. The van der Waals surface area contributed by atoms with Gasteiger partial charge in [0.2, 0.25) is 0 Å². The van der Waals surface area contributed by atoms with Crippen molar-refractivity contribution < 1.29 is 23.9 Å². The van der Waals surface area contributed by atoms with Gasteiger partial charge in [-0.3, -0.25) is 10.6 Å². The Hall–Kier alpha value is -3.77. The van der Waals surface area contributed by atoms with E-state index in [1.165, 1.54) is 0 Å². The second kappa shape index (κ2) is 13.5. The predicted molar refractivity (Wildman–Crippen MR) is 143 cm³/mol. The first kappa shape index (κ1) is 27.8. The van der Waals surface area contributed by atoms with E-state index in [1.54, 1.807) is 37.3 Å². The van der Waals surface area contributed by atoms with Crippen LogP contribution in [-0.4, -0.2) is 66.4 Å². The number of carbonyl (C=O) groups is 3. The van der Waals surface area contributed by atoms with E-state index in [-0.39, 0.29) is 42.6 Å². The molecule has 12 nitrogen and oxygen atoms in total. The summed E-state index contributed by atoms with van der Waals surface area (Å²) < 4.78 is 10.1. The van der Waals surface area contributed by atoms with E-state index in [0.29, 0.717) is 29.4 Å². The number of rotatable bonds is 9. The van der Waals surface area contributed by atoms with Crippen molar-refractivity contribution in [2.45, 2.75) is 19.9 Å². The van der Waals surface area contributed by atoms with Crippen molar-refractivity contribution in [3.05, 3.63) is 35.9 Å². The Bertz CT molecular complexity index is 1160. The number of urea groups is 1. The molecule has 1 aromatic carbocycles. The minimum atomic E-state index is -0.681. The number of fused-ring (bicyclic) bond motifs is 1. The second-order valence-corrected chi connectivity index (χ2v) is 8.32. The molecule has 4 amide bonds. The largest absolute Gasteiger partial charge is 0.450 e. The van der Waals surface area contributed by atoms with Crippen molar-refractivity contribution in [2.24, 2.45) is 4.99 Å². The summed E-state index contributed by atoms with van der Waals surface area (Å²) in [6.45, 7) is 4.32. The van der Waals surface area contributed by atoms with E-state index >= 15 is 0 Å². The minimum absolute atomic E-state index is 0.115. The Balaban J connectivity index is 1.91. The average Bonchev–Trinajstić information content (AvgIpc) is 2.86. The fraction of sp³-hybridized carbons (Fsp3) is 0.348. The second-order valence-electron chi connectivity index (χ2n) is 7.56. The van der Waals surface area contributed by atoms with Crippen molar-refractivity contribution in [3.63, 3.8) is 0 Å². The standard InChI is InChI=1S/C23H27Cl2N7O5/c1-3-36-23(35)30-17-12-16-19(20(29-17)32-21(33)26-10-8-24)31-18(13(2)28-16)14-4-6-15(7-5-14)37-22(34)27-11-9-25/h4-7,12-13,28H,3,8-11H2,1-2H3,(H,27,34)(H3,26,29,30,32,33,35)/t13-/m0/s1. The number of hydrogen-bond acceptors (Lipinski definition) is 8. The number of aromatic nitrogens is 1. The number of ether oxygens (including phenoxy) is 2. The smallest absolute Gasteiger partial charge is 0.412 e. The zero-order valence-electron chi connectivity index (χ0n) is 20.2. The quantitative estimate of drug-likeness (QED) is 0.291. The molecule has 2 heterocycles. The SMILES string of the molecule is CCOC(=O)Nc1cc2c(c(NC(=O)NCCCl)n1)N=C(c1ccc(OC(=O)NCCCl)cc1)[C@H](C)N2. The molecule has 5 N–H and O–H groups in total. The van der Waals surface area contributed by atoms with Crippen molar-refractivity contribution in [1.82, 2.24) is 15.6 Å². The molecule has 14 heteroatoms. The van der Waals surface area contributed by atoms with Crippen LogP contribution in [-0.2, 0) is 4.74 Å². The van der Waals surface area contributed by atoms with Crippen LogP contribution in [0.25, 0.3) is 0 Å². The lowest BCUT2D eigenvalue weighted by molar-refractivity contribution is 0.168. The molecule has 37 heavy (non-hydrogen) atoms. The van der Waals surface area contributed by atoms with E-state index in [2.05, 4.69) is 31.6 Å². The van der Waals surface area contributed by atoms with Crippen LogP contribution in [0.15, 0.2) is 35.3 Å². The van der Waals surface area contributed by atoms with Gasteiger partial charge in [-0.25, -0.2) is 24.4 Å². The van der Waals surface area contributed by atoms with Crippen LogP contribution in [0.5, 0.6) is 5.75 Å². The number of amides is 4. The van der Waals surface area contributed by atoms with Crippen LogP contribution in [0, 0.1) is 0 Å². The molecule has 0 unspecified atom stereocenters.